The van der Waals surface area contributed by atoms with E-state index in [1.807, 2.05) is 13.8 Å². The zero-order chi connectivity index (χ0) is 26.5. The Morgan fingerprint density at radius 2 is 1.65 bits per heavy atom. The summed E-state index contributed by atoms with van der Waals surface area (Å²) < 4.78 is 41.9. The number of carbonyl (C=O) groups is 1. The Labute approximate surface area is 212 Å². The van der Waals surface area contributed by atoms with Crippen LogP contribution in [0.3, 0.4) is 0 Å². The van der Waals surface area contributed by atoms with Crippen LogP contribution < -0.4 is 0 Å². The van der Waals surface area contributed by atoms with Crippen LogP contribution in [-0.2, 0) is 10.3 Å². The van der Waals surface area contributed by atoms with E-state index in [-0.39, 0.29) is 36.6 Å². The molecular weight excluding hydrogens is 480 g/mol. The molecule has 192 valence electrons. The van der Waals surface area contributed by atoms with Crippen LogP contribution in [0.25, 0.3) is 33.6 Å². The first kappa shape index (κ1) is 25.0. The van der Waals surface area contributed by atoms with Gasteiger partial charge in [-0.1, -0.05) is 0 Å². The van der Waals surface area contributed by atoms with Gasteiger partial charge in [-0.05, 0) is 63.6 Å². The van der Waals surface area contributed by atoms with E-state index in [2.05, 4.69) is 9.97 Å². The van der Waals surface area contributed by atoms with Crippen molar-refractivity contribution in [2.75, 3.05) is 13.1 Å². The lowest BCUT2D eigenvalue weighted by Gasteiger charge is -2.35. The van der Waals surface area contributed by atoms with Gasteiger partial charge in [0.2, 0.25) is 0 Å². The van der Waals surface area contributed by atoms with E-state index >= 15 is 8.78 Å². The summed E-state index contributed by atoms with van der Waals surface area (Å²) in [6.45, 7) is 7.42. The van der Waals surface area contributed by atoms with Crippen LogP contribution in [0, 0.1) is 11.6 Å². The van der Waals surface area contributed by atoms with E-state index in [4.69, 9.17) is 9.15 Å². The molecule has 0 saturated carbocycles. The standard InChI is InChI=1S/C28H27F2N3O4/c1-15-13-33(14-16(2)36-15)27(34)25-20(29)9-18(10-21(25)30)23-12-22-26(37-23)19(6-8-31-22)17-5-7-32-24(11-17)28(3,4)35/h5-12,15-16,35H,13-14H2,1-4H3/t15-,16+. The van der Waals surface area contributed by atoms with Crippen LogP contribution in [-0.4, -0.2) is 51.2 Å². The highest BCUT2D eigenvalue weighted by atomic mass is 19.1. The van der Waals surface area contributed by atoms with Crippen molar-refractivity contribution >= 4 is 17.0 Å². The monoisotopic (exact) mass is 507 g/mol. The SMILES string of the molecule is C[C@@H]1CN(C(=O)c2c(F)cc(-c3cc4nccc(-c5ccnc(C(C)(C)O)c5)c4o3)cc2F)C[C@H](C)O1. The molecule has 4 aromatic rings. The maximum absolute atomic E-state index is 15.1. The van der Waals surface area contributed by atoms with E-state index in [0.29, 0.717) is 22.4 Å². The maximum Gasteiger partial charge on any atom is 0.260 e. The molecule has 1 aliphatic rings. The van der Waals surface area contributed by atoms with Gasteiger partial charge in [0, 0.05) is 42.7 Å². The molecular formula is C28H27F2N3O4. The number of aromatic nitrogens is 2. The molecule has 0 spiro atoms. The Kier molecular flexibility index (Phi) is 6.29. The van der Waals surface area contributed by atoms with Crippen molar-refractivity contribution in [2.24, 2.45) is 0 Å². The van der Waals surface area contributed by atoms with Crippen LogP contribution in [0.5, 0.6) is 0 Å². The summed E-state index contributed by atoms with van der Waals surface area (Å²) in [5.41, 5.74) is 1.23. The van der Waals surface area contributed by atoms with Crippen LogP contribution in [0.2, 0.25) is 0 Å². The highest BCUT2D eigenvalue weighted by Crippen LogP contribution is 2.35. The predicted octanol–water partition coefficient (Wildman–Crippen LogP) is 5.31. The summed E-state index contributed by atoms with van der Waals surface area (Å²) in [6, 6.07) is 9.08. The molecule has 37 heavy (non-hydrogen) atoms. The second kappa shape index (κ2) is 9.32. The number of hydrogen-bond donors (Lipinski definition) is 1. The average Bonchev–Trinajstić information content (AvgIpc) is 3.27. The minimum atomic E-state index is -1.14. The van der Waals surface area contributed by atoms with Gasteiger partial charge in [-0.25, -0.2) is 8.78 Å². The first-order valence-electron chi connectivity index (χ1n) is 12.0. The van der Waals surface area contributed by atoms with Crippen molar-refractivity contribution in [1.82, 2.24) is 14.9 Å². The first-order valence-corrected chi connectivity index (χ1v) is 12.0. The van der Waals surface area contributed by atoms with E-state index in [1.165, 1.54) is 4.90 Å². The Balaban J connectivity index is 1.52. The molecule has 1 aromatic carbocycles. The molecule has 0 bridgehead atoms. The van der Waals surface area contributed by atoms with E-state index in [1.54, 1.807) is 50.5 Å². The quantitative estimate of drug-likeness (QED) is 0.403. The highest BCUT2D eigenvalue weighted by molar-refractivity contribution is 5.96. The van der Waals surface area contributed by atoms with Crippen molar-refractivity contribution in [2.45, 2.75) is 45.5 Å². The molecule has 0 radical (unpaired) electrons. The number of nitrogens with zero attached hydrogens (tertiary/aromatic N) is 3. The second-order valence-corrected chi connectivity index (χ2v) is 9.95. The van der Waals surface area contributed by atoms with Crippen LogP contribution in [0.1, 0.15) is 43.7 Å². The minimum absolute atomic E-state index is 0.145. The third-order valence-corrected chi connectivity index (χ3v) is 6.36. The topological polar surface area (TPSA) is 88.7 Å². The number of morpholine rings is 1. The number of fused-ring (bicyclic) bond motifs is 1. The zero-order valence-corrected chi connectivity index (χ0v) is 21.0. The highest BCUT2D eigenvalue weighted by Gasteiger charge is 2.30. The zero-order valence-electron chi connectivity index (χ0n) is 21.0. The Bertz CT molecular complexity index is 1460. The number of rotatable bonds is 4. The third-order valence-electron chi connectivity index (χ3n) is 6.36. The van der Waals surface area contributed by atoms with Crippen LogP contribution >= 0.6 is 0 Å². The van der Waals surface area contributed by atoms with Gasteiger partial charge < -0.3 is 19.2 Å². The molecule has 1 aliphatic heterocycles. The van der Waals surface area contributed by atoms with Gasteiger partial charge in [-0.15, -0.1) is 0 Å². The molecule has 1 amide bonds. The van der Waals surface area contributed by atoms with Crippen molar-refractivity contribution in [3.8, 4) is 22.5 Å². The van der Waals surface area contributed by atoms with E-state index in [9.17, 15) is 9.90 Å². The fourth-order valence-electron chi connectivity index (χ4n) is 4.66. The van der Waals surface area contributed by atoms with Crippen molar-refractivity contribution in [1.29, 1.82) is 0 Å². The van der Waals surface area contributed by atoms with Gasteiger partial charge in [0.25, 0.3) is 5.91 Å². The van der Waals surface area contributed by atoms with E-state index < -0.39 is 28.7 Å². The van der Waals surface area contributed by atoms with Crippen LogP contribution in [0.15, 0.2) is 53.2 Å². The molecule has 1 saturated heterocycles. The lowest BCUT2D eigenvalue weighted by Crippen LogP contribution is -2.48. The number of ether oxygens (including phenoxy) is 1. The molecule has 1 fully saturated rings. The van der Waals surface area contributed by atoms with Gasteiger partial charge in [-0.2, -0.15) is 0 Å². The summed E-state index contributed by atoms with van der Waals surface area (Å²) in [4.78, 5) is 22.9. The maximum atomic E-state index is 15.1. The number of aliphatic hydroxyl groups is 1. The number of hydrogen-bond acceptors (Lipinski definition) is 6. The number of pyridine rings is 2. The smallest absolute Gasteiger partial charge is 0.260 e. The Morgan fingerprint density at radius 3 is 2.30 bits per heavy atom. The Morgan fingerprint density at radius 1 is 1.00 bits per heavy atom. The van der Waals surface area contributed by atoms with Crippen LogP contribution in [0.4, 0.5) is 8.78 Å². The lowest BCUT2D eigenvalue weighted by molar-refractivity contribution is -0.0588. The first-order chi connectivity index (χ1) is 17.5. The number of carbonyl (C=O) groups excluding carboxylic acids is 1. The second-order valence-electron chi connectivity index (χ2n) is 9.95. The molecule has 7 nitrogen and oxygen atoms in total. The molecule has 0 unspecified atom stereocenters. The summed E-state index contributed by atoms with van der Waals surface area (Å²) in [5, 5.41) is 10.3. The fourth-order valence-corrected chi connectivity index (χ4v) is 4.66. The Hall–Kier alpha value is -3.69. The van der Waals surface area contributed by atoms with E-state index in [0.717, 1.165) is 17.7 Å². The van der Waals surface area contributed by atoms with Crippen molar-refractivity contribution < 1.29 is 27.8 Å². The normalized spacial score (nSPS) is 18.4. The molecule has 2 atom stereocenters. The van der Waals surface area contributed by atoms with Gasteiger partial charge in [0.1, 0.15) is 34.1 Å². The number of halogens is 2. The fraction of sp³-hybridized carbons (Fsp3) is 0.321. The van der Waals surface area contributed by atoms with Gasteiger partial charge in [-0.3, -0.25) is 14.8 Å². The molecule has 5 rings (SSSR count). The average molecular weight is 508 g/mol. The molecule has 3 aromatic heterocycles. The van der Waals surface area contributed by atoms with Crippen molar-refractivity contribution in [3.05, 3.63) is 71.7 Å². The summed E-state index contributed by atoms with van der Waals surface area (Å²) in [7, 11) is 0. The molecule has 1 N–H and O–H groups in total. The number of benzene rings is 1. The number of furan rings is 1. The summed E-state index contributed by atoms with van der Waals surface area (Å²) in [6.07, 6.45) is 2.74. The molecule has 0 aliphatic carbocycles. The lowest BCUT2D eigenvalue weighted by atomic mass is 10.00. The predicted molar refractivity (Wildman–Crippen MR) is 134 cm³/mol. The third kappa shape index (κ3) is 4.84. The van der Waals surface area contributed by atoms with Gasteiger partial charge in [0.05, 0.1) is 17.9 Å². The molecule has 4 heterocycles. The van der Waals surface area contributed by atoms with Gasteiger partial charge in [0.15, 0.2) is 5.58 Å². The number of amides is 1. The summed E-state index contributed by atoms with van der Waals surface area (Å²) in [5.74, 6) is -2.44. The van der Waals surface area contributed by atoms with Crippen molar-refractivity contribution in [3.63, 3.8) is 0 Å². The summed E-state index contributed by atoms with van der Waals surface area (Å²) >= 11 is 0. The van der Waals surface area contributed by atoms with Gasteiger partial charge >= 0.3 is 0 Å². The minimum Gasteiger partial charge on any atom is -0.454 e. The molecule has 9 heteroatoms. The largest absolute Gasteiger partial charge is 0.454 e.